The van der Waals surface area contributed by atoms with Crippen LogP contribution in [0.1, 0.15) is 11.1 Å². The third-order valence-electron chi connectivity index (χ3n) is 1.73. The van der Waals surface area contributed by atoms with Gasteiger partial charge in [-0.2, -0.15) is 0 Å². The lowest BCUT2D eigenvalue weighted by Gasteiger charge is -2.07. The van der Waals surface area contributed by atoms with Gasteiger partial charge in [0.25, 0.3) is 0 Å². The van der Waals surface area contributed by atoms with Crippen molar-refractivity contribution in [1.29, 1.82) is 0 Å². The van der Waals surface area contributed by atoms with Crippen molar-refractivity contribution in [2.75, 3.05) is 0 Å². The van der Waals surface area contributed by atoms with Crippen LogP contribution in [0.4, 0.5) is 0 Å². The minimum atomic E-state index is 0.965. The molecule has 1 aromatic rings. The third-order valence-corrected chi connectivity index (χ3v) is 1.73. The highest BCUT2D eigenvalue weighted by Crippen LogP contribution is 2.16. The van der Waals surface area contributed by atoms with Gasteiger partial charge in [-0.05, 0) is 17.5 Å². The largest absolute Gasteiger partial charge is 0.0755 e. The minimum Gasteiger partial charge on any atom is -0.0755 e. The van der Waals surface area contributed by atoms with Crippen molar-refractivity contribution < 1.29 is 0 Å². The molecule has 0 amide bonds. The van der Waals surface area contributed by atoms with Crippen molar-refractivity contribution in [3.63, 3.8) is 0 Å². The maximum Gasteiger partial charge on any atom is 0.0132 e. The van der Waals surface area contributed by atoms with E-state index in [-0.39, 0.29) is 0 Å². The SMILES string of the molecule is [C]1C=Cc2ccccc2C1. The van der Waals surface area contributed by atoms with E-state index in [1.54, 1.807) is 0 Å². The third kappa shape index (κ3) is 0.860. The van der Waals surface area contributed by atoms with Gasteiger partial charge in [0.05, 0.1) is 0 Å². The van der Waals surface area contributed by atoms with Crippen molar-refractivity contribution >= 4 is 6.08 Å². The van der Waals surface area contributed by atoms with Crippen LogP contribution in [-0.4, -0.2) is 0 Å². The summed E-state index contributed by atoms with van der Waals surface area (Å²) in [6, 6.07) is 8.41. The van der Waals surface area contributed by atoms with E-state index in [9.17, 15) is 0 Å². The van der Waals surface area contributed by atoms with Crippen LogP contribution in [0.3, 0.4) is 0 Å². The van der Waals surface area contributed by atoms with E-state index in [0.717, 1.165) is 6.42 Å². The molecular formula is C10H8. The zero-order valence-corrected chi connectivity index (χ0v) is 5.67. The molecule has 10 heavy (non-hydrogen) atoms. The average Bonchev–Trinajstić information content (AvgIpc) is 2.05. The van der Waals surface area contributed by atoms with Crippen LogP contribution in [0, 0.1) is 6.42 Å². The van der Waals surface area contributed by atoms with Crippen LogP contribution < -0.4 is 0 Å². The molecule has 0 spiro atoms. The Morgan fingerprint density at radius 3 is 3.00 bits per heavy atom. The molecule has 1 aromatic carbocycles. The maximum atomic E-state index is 3.16. The predicted molar refractivity (Wildman–Crippen MR) is 42.4 cm³/mol. The molecule has 0 aromatic heterocycles. The summed E-state index contributed by atoms with van der Waals surface area (Å²) in [7, 11) is 0. The minimum absolute atomic E-state index is 0.965. The molecule has 0 heteroatoms. The number of rotatable bonds is 0. The number of fused-ring (bicyclic) bond motifs is 1. The quantitative estimate of drug-likeness (QED) is 0.503. The van der Waals surface area contributed by atoms with Crippen LogP contribution in [-0.2, 0) is 6.42 Å². The molecule has 48 valence electrons. The van der Waals surface area contributed by atoms with Gasteiger partial charge in [-0.15, -0.1) is 0 Å². The van der Waals surface area contributed by atoms with E-state index in [2.05, 4.69) is 36.8 Å². The van der Waals surface area contributed by atoms with Gasteiger partial charge in [-0.25, -0.2) is 0 Å². The molecule has 0 fully saturated rings. The van der Waals surface area contributed by atoms with E-state index in [0.29, 0.717) is 0 Å². The monoisotopic (exact) mass is 128 g/mol. The van der Waals surface area contributed by atoms with Gasteiger partial charge in [0.2, 0.25) is 0 Å². The highest BCUT2D eigenvalue weighted by molar-refractivity contribution is 5.58. The molecule has 0 aliphatic heterocycles. The molecule has 0 nitrogen and oxygen atoms in total. The first kappa shape index (κ1) is 5.72. The fraction of sp³-hybridized carbons (Fsp3) is 0.100. The van der Waals surface area contributed by atoms with Crippen LogP contribution in [0.15, 0.2) is 30.3 Å². The van der Waals surface area contributed by atoms with E-state index in [1.165, 1.54) is 11.1 Å². The Bertz CT molecular complexity index is 258. The second-order valence-electron chi connectivity index (χ2n) is 2.41. The summed E-state index contributed by atoms with van der Waals surface area (Å²) in [5, 5.41) is 0. The summed E-state index contributed by atoms with van der Waals surface area (Å²) >= 11 is 0. The second kappa shape index (κ2) is 2.30. The van der Waals surface area contributed by atoms with Crippen LogP contribution >= 0.6 is 0 Å². The van der Waals surface area contributed by atoms with E-state index in [1.807, 2.05) is 6.08 Å². The van der Waals surface area contributed by atoms with Crippen molar-refractivity contribution in [3.8, 4) is 0 Å². The molecule has 1 aliphatic rings. The topological polar surface area (TPSA) is 0 Å². The lowest BCUT2D eigenvalue weighted by atomic mass is 9.98. The fourth-order valence-corrected chi connectivity index (χ4v) is 1.18. The Labute approximate surface area is 61.2 Å². The molecular weight excluding hydrogens is 120 g/mol. The van der Waals surface area contributed by atoms with Crippen LogP contribution in [0.25, 0.3) is 6.08 Å². The van der Waals surface area contributed by atoms with Gasteiger partial charge >= 0.3 is 0 Å². The molecule has 0 N–H and O–H groups in total. The first-order valence-corrected chi connectivity index (χ1v) is 3.45. The molecule has 2 radical (unpaired) electrons. The fourth-order valence-electron chi connectivity index (χ4n) is 1.18. The highest BCUT2D eigenvalue weighted by atomic mass is 14.1. The Kier molecular flexibility index (Phi) is 1.31. The van der Waals surface area contributed by atoms with E-state index in [4.69, 9.17) is 0 Å². The van der Waals surface area contributed by atoms with Crippen molar-refractivity contribution in [3.05, 3.63) is 47.9 Å². The molecule has 0 atom stereocenters. The molecule has 0 unspecified atom stereocenters. The zero-order valence-electron chi connectivity index (χ0n) is 5.67. The highest BCUT2D eigenvalue weighted by Gasteiger charge is 2.00. The summed E-state index contributed by atoms with van der Waals surface area (Å²) in [4.78, 5) is 0. The lowest BCUT2D eigenvalue weighted by Crippen LogP contribution is -1.92. The summed E-state index contributed by atoms with van der Waals surface area (Å²) < 4.78 is 0. The summed E-state index contributed by atoms with van der Waals surface area (Å²) in [5.41, 5.74) is 2.71. The Morgan fingerprint density at radius 1 is 1.20 bits per heavy atom. The summed E-state index contributed by atoms with van der Waals surface area (Å²) in [5.74, 6) is 0. The van der Waals surface area contributed by atoms with Crippen molar-refractivity contribution in [1.82, 2.24) is 0 Å². The van der Waals surface area contributed by atoms with E-state index >= 15 is 0 Å². The summed E-state index contributed by atoms with van der Waals surface area (Å²) in [6.07, 6.45) is 8.21. The molecule has 1 aliphatic carbocycles. The molecule has 0 heterocycles. The first-order valence-electron chi connectivity index (χ1n) is 3.45. The zero-order chi connectivity index (χ0) is 6.81. The first-order chi connectivity index (χ1) is 4.97. The Hall–Kier alpha value is -1.04. The Balaban J connectivity index is 2.54. The lowest BCUT2D eigenvalue weighted by molar-refractivity contribution is 1.17. The second-order valence-corrected chi connectivity index (χ2v) is 2.41. The van der Waals surface area contributed by atoms with Gasteiger partial charge in [0, 0.05) is 6.42 Å². The average molecular weight is 128 g/mol. The molecule has 0 bridgehead atoms. The van der Waals surface area contributed by atoms with Crippen LogP contribution in [0.2, 0.25) is 0 Å². The number of hydrogen-bond donors (Lipinski definition) is 0. The Morgan fingerprint density at radius 2 is 2.10 bits per heavy atom. The standard InChI is InChI=1S/C10H8/c1-2-6-10-8-4-3-7-9(10)5-1/h1-3,5-7H,8H2. The normalized spacial score (nSPS) is 14.8. The van der Waals surface area contributed by atoms with Gasteiger partial charge in [-0.1, -0.05) is 36.4 Å². The van der Waals surface area contributed by atoms with E-state index < -0.39 is 0 Å². The van der Waals surface area contributed by atoms with Gasteiger partial charge < -0.3 is 0 Å². The van der Waals surface area contributed by atoms with Crippen molar-refractivity contribution in [2.24, 2.45) is 0 Å². The molecule has 2 rings (SSSR count). The summed E-state index contributed by atoms with van der Waals surface area (Å²) in [6.45, 7) is 0. The number of allylic oxidation sites excluding steroid dienone is 1. The van der Waals surface area contributed by atoms with Gasteiger partial charge in [-0.3, -0.25) is 0 Å². The number of hydrogen-bond acceptors (Lipinski definition) is 0. The van der Waals surface area contributed by atoms with Crippen LogP contribution in [0.5, 0.6) is 0 Å². The maximum absolute atomic E-state index is 3.16. The number of benzene rings is 1. The molecule has 0 saturated heterocycles. The molecule has 0 saturated carbocycles. The smallest absolute Gasteiger partial charge is 0.0132 e. The van der Waals surface area contributed by atoms with Gasteiger partial charge in [0.15, 0.2) is 0 Å². The predicted octanol–water partition coefficient (Wildman–Crippen LogP) is 2.34. The van der Waals surface area contributed by atoms with Gasteiger partial charge in [0.1, 0.15) is 0 Å². The van der Waals surface area contributed by atoms with Crippen molar-refractivity contribution in [2.45, 2.75) is 6.42 Å².